The molecule has 1 fully saturated rings. The van der Waals surface area contributed by atoms with Crippen LogP contribution in [-0.2, 0) is 0 Å². The Morgan fingerprint density at radius 2 is 1.69 bits per heavy atom. The molecule has 0 aliphatic carbocycles. The highest BCUT2D eigenvalue weighted by Gasteiger charge is 2.40. The summed E-state index contributed by atoms with van der Waals surface area (Å²) in [6.07, 6.45) is 2.50. The lowest BCUT2D eigenvalue weighted by Crippen LogP contribution is -3.18. The topological polar surface area (TPSA) is 21.5 Å². The summed E-state index contributed by atoms with van der Waals surface area (Å²) >= 11 is 0. The third kappa shape index (κ3) is 2.03. The number of benzene rings is 1. The summed E-state index contributed by atoms with van der Waals surface area (Å²) < 4.78 is 0. The van der Waals surface area contributed by atoms with Gasteiger partial charge in [0, 0.05) is 18.4 Å². The van der Waals surface area contributed by atoms with E-state index < -0.39 is 0 Å². The van der Waals surface area contributed by atoms with E-state index in [-0.39, 0.29) is 11.3 Å². The van der Waals surface area contributed by atoms with Crippen LogP contribution in [0.2, 0.25) is 0 Å². The summed E-state index contributed by atoms with van der Waals surface area (Å²) in [7, 11) is 0. The SMILES string of the molecule is CC(C)(C(=O)c1ccccc1)[NH+]1CCCC1. The van der Waals surface area contributed by atoms with Crippen LogP contribution in [0.25, 0.3) is 0 Å². The third-order valence-corrected chi connectivity index (χ3v) is 3.69. The molecule has 1 N–H and O–H groups in total. The average Bonchev–Trinajstić information content (AvgIpc) is 2.83. The lowest BCUT2D eigenvalue weighted by Gasteiger charge is -2.30. The Morgan fingerprint density at radius 3 is 2.25 bits per heavy atom. The van der Waals surface area contributed by atoms with Gasteiger partial charge in [-0.1, -0.05) is 30.3 Å². The first kappa shape index (κ1) is 11.3. The van der Waals surface area contributed by atoms with Crippen LogP contribution in [0, 0.1) is 0 Å². The highest BCUT2D eigenvalue weighted by Crippen LogP contribution is 2.11. The molecule has 0 bridgehead atoms. The van der Waals surface area contributed by atoms with E-state index in [0.29, 0.717) is 0 Å². The van der Waals surface area contributed by atoms with Crippen molar-refractivity contribution in [2.75, 3.05) is 13.1 Å². The molecule has 0 unspecified atom stereocenters. The van der Waals surface area contributed by atoms with Crippen molar-refractivity contribution in [1.82, 2.24) is 0 Å². The number of rotatable bonds is 3. The summed E-state index contributed by atoms with van der Waals surface area (Å²) in [5.41, 5.74) is 0.560. The van der Waals surface area contributed by atoms with Crippen molar-refractivity contribution in [1.29, 1.82) is 0 Å². The lowest BCUT2D eigenvalue weighted by molar-refractivity contribution is -0.925. The van der Waals surface area contributed by atoms with E-state index >= 15 is 0 Å². The summed E-state index contributed by atoms with van der Waals surface area (Å²) in [5, 5.41) is 0. The van der Waals surface area contributed by atoms with E-state index in [2.05, 4.69) is 13.8 Å². The molecule has 2 rings (SSSR count). The Kier molecular flexibility index (Phi) is 3.10. The molecule has 1 aliphatic rings. The van der Waals surface area contributed by atoms with Gasteiger partial charge < -0.3 is 4.90 Å². The molecular formula is C14H20NO+. The van der Waals surface area contributed by atoms with Gasteiger partial charge in [0.15, 0.2) is 5.54 Å². The number of carbonyl (C=O) groups is 1. The first-order chi connectivity index (χ1) is 7.62. The number of carbonyl (C=O) groups excluding carboxylic acids is 1. The standard InChI is InChI=1S/C14H19NO/c1-14(2,15-10-6-7-11-15)13(16)12-8-4-3-5-9-12/h3-5,8-9H,6-7,10-11H2,1-2H3/p+1. The van der Waals surface area contributed by atoms with Crippen molar-refractivity contribution in [2.45, 2.75) is 32.2 Å². The number of hydrogen-bond acceptors (Lipinski definition) is 1. The van der Waals surface area contributed by atoms with E-state index in [9.17, 15) is 4.79 Å². The van der Waals surface area contributed by atoms with Crippen LogP contribution in [0.3, 0.4) is 0 Å². The predicted octanol–water partition coefficient (Wildman–Crippen LogP) is 1.33. The van der Waals surface area contributed by atoms with Crippen molar-refractivity contribution in [3.05, 3.63) is 35.9 Å². The summed E-state index contributed by atoms with van der Waals surface area (Å²) in [4.78, 5) is 13.9. The van der Waals surface area contributed by atoms with Gasteiger partial charge in [-0.2, -0.15) is 0 Å². The van der Waals surface area contributed by atoms with Gasteiger partial charge in [-0.25, -0.2) is 0 Å². The second-order valence-electron chi connectivity index (χ2n) is 5.13. The van der Waals surface area contributed by atoms with Gasteiger partial charge in [-0.3, -0.25) is 4.79 Å². The minimum atomic E-state index is -0.280. The van der Waals surface area contributed by atoms with Crippen molar-refractivity contribution in [3.8, 4) is 0 Å². The molecule has 1 aliphatic heterocycles. The van der Waals surface area contributed by atoms with Gasteiger partial charge in [0.05, 0.1) is 13.1 Å². The number of Topliss-reactive ketones (excluding diaryl/α,β-unsaturated/α-hetero) is 1. The molecule has 0 atom stereocenters. The molecule has 0 amide bonds. The largest absolute Gasteiger partial charge is 0.324 e. The molecule has 1 aromatic rings. The van der Waals surface area contributed by atoms with E-state index in [1.807, 2.05) is 30.3 Å². The van der Waals surface area contributed by atoms with Gasteiger partial charge in [0.2, 0.25) is 5.78 Å². The zero-order chi connectivity index (χ0) is 11.6. The van der Waals surface area contributed by atoms with E-state index in [0.717, 1.165) is 18.7 Å². The van der Waals surface area contributed by atoms with Crippen molar-refractivity contribution in [2.24, 2.45) is 0 Å². The van der Waals surface area contributed by atoms with Gasteiger partial charge in [-0.05, 0) is 13.8 Å². The second-order valence-corrected chi connectivity index (χ2v) is 5.13. The molecule has 0 saturated carbocycles. The molecule has 1 saturated heterocycles. The molecule has 86 valence electrons. The highest BCUT2D eigenvalue weighted by molar-refractivity contribution is 6.01. The van der Waals surface area contributed by atoms with Gasteiger partial charge in [-0.15, -0.1) is 0 Å². The minimum Gasteiger partial charge on any atom is -0.324 e. The zero-order valence-electron chi connectivity index (χ0n) is 10.1. The van der Waals surface area contributed by atoms with Crippen LogP contribution < -0.4 is 4.90 Å². The maximum absolute atomic E-state index is 12.4. The fourth-order valence-electron chi connectivity index (χ4n) is 2.54. The molecule has 1 heterocycles. The van der Waals surface area contributed by atoms with Crippen LogP contribution in [0.5, 0.6) is 0 Å². The molecule has 2 heteroatoms. The quantitative estimate of drug-likeness (QED) is 0.759. The molecule has 0 aromatic heterocycles. The minimum absolute atomic E-state index is 0.269. The summed E-state index contributed by atoms with van der Waals surface area (Å²) in [6, 6.07) is 9.65. The van der Waals surface area contributed by atoms with Gasteiger partial charge >= 0.3 is 0 Å². The average molecular weight is 218 g/mol. The normalized spacial score (nSPS) is 17.6. The summed E-state index contributed by atoms with van der Waals surface area (Å²) in [6.45, 7) is 6.41. The Labute approximate surface area is 97.3 Å². The summed E-state index contributed by atoms with van der Waals surface area (Å²) in [5.74, 6) is 0.269. The monoisotopic (exact) mass is 218 g/mol. The fourth-order valence-corrected chi connectivity index (χ4v) is 2.54. The van der Waals surface area contributed by atoms with Crippen LogP contribution in [0.15, 0.2) is 30.3 Å². The molecule has 1 aromatic carbocycles. The maximum Gasteiger partial charge on any atom is 0.222 e. The van der Waals surface area contributed by atoms with Crippen LogP contribution in [0.1, 0.15) is 37.0 Å². The number of hydrogen-bond donors (Lipinski definition) is 1. The Balaban J connectivity index is 2.20. The van der Waals surface area contributed by atoms with Crippen LogP contribution in [-0.4, -0.2) is 24.4 Å². The van der Waals surface area contributed by atoms with E-state index in [4.69, 9.17) is 0 Å². The number of likely N-dealkylation sites (tertiary alicyclic amines) is 1. The third-order valence-electron chi connectivity index (χ3n) is 3.69. The Morgan fingerprint density at radius 1 is 1.12 bits per heavy atom. The van der Waals surface area contributed by atoms with Gasteiger partial charge in [0.1, 0.15) is 0 Å². The molecular weight excluding hydrogens is 198 g/mol. The predicted molar refractivity (Wildman–Crippen MR) is 64.8 cm³/mol. The highest BCUT2D eigenvalue weighted by atomic mass is 16.1. The molecule has 16 heavy (non-hydrogen) atoms. The van der Waals surface area contributed by atoms with Gasteiger partial charge in [0.25, 0.3) is 0 Å². The molecule has 2 nitrogen and oxygen atoms in total. The van der Waals surface area contributed by atoms with Crippen molar-refractivity contribution < 1.29 is 9.69 Å². The number of ketones is 1. The number of quaternary nitrogens is 1. The first-order valence-corrected chi connectivity index (χ1v) is 6.07. The second kappa shape index (κ2) is 4.38. The fraction of sp³-hybridized carbons (Fsp3) is 0.500. The van der Waals surface area contributed by atoms with E-state index in [1.165, 1.54) is 17.7 Å². The van der Waals surface area contributed by atoms with Crippen LogP contribution >= 0.6 is 0 Å². The lowest BCUT2D eigenvalue weighted by atomic mass is 9.91. The smallest absolute Gasteiger partial charge is 0.222 e. The molecule has 0 spiro atoms. The molecule has 0 radical (unpaired) electrons. The van der Waals surface area contributed by atoms with Crippen LogP contribution in [0.4, 0.5) is 0 Å². The van der Waals surface area contributed by atoms with Crippen molar-refractivity contribution >= 4 is 5.78 Å². The van der Waals surface area contributed by atoms with E-state index in [1.54, 1.807) is 0 Å². The zero-order valence-corrected chi connectivity index (χ0v) is 10.1. The Bertz CT molecular complexity index is 364. The number of nitrogens with one attached hydrogen (secondary N) is 1. The van der Waals surface area contributed by atoms with Crippen molar-refractivity contribution in [3.63, 3.8) is 0 Å². The maximum atomic E-state index is 12.4. The Hall–Kier alpha value is -1.15. The first-order valence-electron chi connectivity index (χ1n) is 6.07.